The maximum Gasteiger partial charge on any atom is 0.264 e. The molecule has 120 valence electrons. The second-order valence-electron chi connectivity index (χ2n) is 6.18. The van der Waals surface area contributed by atoms with Gasteiger partial charge in [0.15, 0.2) is 15.6 Å². The summed E-state index contributed by atoms with van der Waals surface area (Å²) in [7, 11) is -3.14. The van der Waals surface area contributed by atoms with Crippen molar-refractivity contribution < 1.29 is 22.0 Å². The Hall–Kier alpha value is -1.30. The molecule has 2 bridgehead atoms. The van der Waals surface area contributed by atoms with Crippen LogP contribution in [0.1, 0.15) is 54.5 Å². The normalized spacial score (nSPS) is 30.2. The highest BCUT2D eigenvalue weighted by atomic mass is 32.2. The van der Waals surface area contributed by atoms with Gasteiger partial charge in [0.25, 0.3) is 6.43 Å². The molecule has 0 aliphatic carbocycles. The van der Waals surface area contributed by atoms with E-state index < -0.39 is 32.7 Å². The summed E-state index contributed by atoms with van der Waals surface area (Å²) in [5.74, 6) is -0.790. The molecular weight excluding hydrogens is 310 g/mol. The largest absolute Gasteiger partial charge is 0.294 e. The van der Waals surface area contributed by atoms with Crippen LogP contribution in [0.5, 0.6) is 0 Å². The van der Waals surface area contributed by atoms with Gasteiger partial charge in [0.2, 0.25) is 0 Å². The number of sulfone groups is 1. The number of rotatable bonds is 3. The van der Waals surface area contributed by atoms with Crippen LogP contribution in [-0.4, -0.2) is 24.7 Å². The number of ketones is 1. The molecule has 2 atom stereocenters. The lowest BCUT2D eigenvalue weighted by Gasteiger charge is -2.38. The van der Waals surface area contributed by atoms with E-state index in [1.807, 2.05) is 0 Å². The molecule has 22 heavy (non-hydrogen) atoms. The van der Waals surface area contributed by atoms with E-state index in [0.717, 1.165) is 6.42 Å². The van der Waals surface area contributed by atoms with Gasteiger partial charge >= 0.3 is 0 Å². The molecule has 0 saturated carbocycles. The van der Waals surface area contributed by atoms with E-state index >= 15 is 0 Å². The Morgan fingerprint density at radius 3 is 2.27 bits per heavy atom. The van der Waals surface area contributed by atoms with Gasteiger partial charge in [-0.25, -0.2) is 17.2 Å². The third-order valence-electron chi connectivity index (χ3n) is 4.91. The molecule has 1 aromatic rings. The number of Topliss-reactive ketones (excluding diaryl/α,β-unsaturated/α-hetero) is 1. The Morgan fingerprint density at radius 1 is 1.09 bits per heavy atom. The van der Waals surface area contributed by atoms with Gasteiger partial charge in [0, 0.05) is 17.0 Å². The molecule has 2 aliphatic rings. The number of hydrogen-bond acceptors (Lipinski definition) is 3. The molecule has 2 fully saturated rings. The lowest BCUT2D eigenvalue weighted by molar-refractivity contribution is 0.0881. The van der Waals surface area contributed by atoms with Crippen molar-refractivity contribution in [3.8, 4) is 0 Å². The van der Waals surface area contributed by atoms with Crippen LogP contribution in [0.25, 0.3) is 0 Å². The summed E-state index contributed by atoms with van der Waals surface area (Å²) >= 11 is 0. The van der Waals surface area contributed by atoms with Crippen LogP contribution < -0.4 is 0 Å². The van der Waals surface area contributed by atoms with E-state index in [9.17, 15) is 22.0 Å². The maximum absolute atomic E-state index is 13.1. The molecule has 0 aromatic heterocycles. The lowest BCUT2D eigenvalue weighted by atomic mass is 9.83. The summed E-state index contributed by atoms with van der Waals surface area (Å²) < 4.78 is 50.6. The Morgan fingerprint density at radius 2 is 1.68 bits per heavy atom. The molecule has 0 radical (unpaired) electrons. The predicted molar refractivity (Wildman–Crippen MR) is 78.8 cm³/mol. The molecule has 0 amide bonds. The van der Waals surface area contributed by atoms with Crippen LogP contribution in [0, 0.1) is 5.92 Å². The van der Waals surface area contributed by atoms with Gasteiger partial charge in [-0.05, 0) is 25.7 Å². The maximum atomic E-state index is 13.1. The molecular formula is C16H18F2O3S. The third-order valence-corrected chi connectivity index (χ3v) is 7.62. The highest BCUT2D eigenvalue weighted by Gasteiger charge is 2.46. The molecule has 0 N–H and O–H groups in total. The minimum Gasteiger partial charge on any atom is -0.294 e. The Kier molecular flexibility index (Phi) is 4.05. The van der Waals surface area contributed by atoms with E-state index in [4.69, 9.17) is 0 Å². The van der Waals surface area contributed by atoms with E-state index in [0.29, 0.717) is 12.8 Å². The first-order valence-electron chi connectivity index (χ1n) is 7.55. The van der Waals surface area contributed by atoms with Gasteiger partial charge < -0.3 is 0 Å². The third kappa shape index (κ3) is 2.57. The fourth-order valence-corrected chi connectivity index (χ4v) is 6.29. The van der Waals surface area contributed by atoms with Crippen molar-refractivity contribution in [2.75, 3.05) is 0 Å². The number of carbonyl (C=O) groups excluding carboxylic acids is 1. The quantitative estimate of drug-likeness (QED) is 0.797. The molecule has 1 aromatic carbocycles. The van der Waals surface area contributed by atoms with Gasteiger partial charge in [-0.1, -0.05) is 30.7 Å². The van der Waals surface area contributed by atoms with E-state index in [-0.39, 0.29) is 29.8 Å². The average molecular weight is 328 g/mol. The van der Waals surface area contributed by atoms with E-state index in [1.54, 1.807) is 6.07 Å². The second kappa shape index (κ2) is 5.72. The fourth-order valence-electron chi connectivity index (χ4n) is 3.75. The molecule has 2 unspecified atom stereocenters. The van der Waals surface area contributed by atoms with Crippen LogP contribution in [-0.2, 0) is 9.84 Å². The summed E-state index contributed by atoms with van der Waals surface area (Å²) in [4.78, 5) is 12.6. The zero-order chi connectivity index (χ0) is 15.9. The molecule has 6 heteroatoms. The first-order chi connectivity index (χ1) is 10.4. The summed E-state index contributed by atoms with van der Waals surface area (Å²) in [5.41, 5.74) is -0.217. The minimum atomic E-state index is -3.14. The first-order valence-corrected chi connectivity index (χ1v) is 9.16. The van der Waals surface area contributed by atoms with Gasteiger partial charge in [0.05, 0.1) is 10.5 Å². The number of carbonyl (C=O) groups is 1. The summed E-state index contributed by atoms with van der Waals surface area (Å²) in [6.07, 6.45) is -0.127. The molecule has 2 heterocycles. The van der Waals surface area contributed by atoms with Crippen molar-refractivity contribution in [2.45, 2.75) is 49.0 Å². The first kappa shape index (κ1) is 15.6. The highest BCUT2D eigenvalue weighted by Crippen LogP contribution is 2.41. The van der Waals surface area contributed by atoms with E-state index in [2.05, 4.69) is 0 Å². The number of halogens is 2. The highest BCUT2D eigenvalue weighted by molar-refractivity contribution is 7.92. The SMILES string of the molecule is O=C(c1ccccc1C(F)F)C1CC2CCCC(C1)S2(=O)=O. The number of benzene rings is 1. The van der Waals surface area contributed by atoms with Gasteiger partial charge in [-0.15, -0.1) is 0 Å². The Labute approximate surface area is 128 Å². The summed E-state index contributed by atoms with van der Waals surface area (Å²) in [6.45, 7) is 0. The zero-order valence-electron chi connectivity index (χ0n) is 12.0. The van der Waals surface area contributed by atoms with Gasteiger partial charge in [-0.3, -0.25) is 4.79 Å². The van der Waals surface area contributed by atoms with Gasteiger partial charge in [0.1, 0.15) is 0 Å². The van der Waals surface area contributed by atoms with Crippen molar-refractivity contribution in [1.29, 1.82) is 0 Å². The summed E-state index contributed by atoms with van der Waals surface area (Å²) in [5, 5.41) is -0.958. The van der Waals surface area contributed by atoms with E-state index in [1.165, 1.54) is 18.2 Å². The molecule has 3 nitrogen and oxygen atoms in total. The van der Waals surface area contributed by atoms with Gasteiger partial charge in [-0.2, -0.15) is 0 Å². The van der Waals surface area contributed by atoms with Crippen LogP contribution in [0.2, 0.25) is 0 Å². The Balaban J connectivity index is 1.89. The predicted octanol–water partition coefficient (Wildman–Crippen LogP) is 3.55. The standard InChI is InChI=1S/C16H18F2O3S/c17-16(18)14-7-2-1-6-13(14)15(19)10-8-11-4-3-5-12(9-10)22(11,20)21/h1-2,6-7,10-12,16H,3-5,8-9H2. The number of hydrogen-bond donors (Lipinski definition) is 0. The number of fused-ring (bicyclic) bond motifs is 2. The van der Waals surface area contributed by atoms with Crippen LogP contribution >= 0.6 is 0 Å². The fraction of sp³-hybridized carbons (Fsp3) is 0.562. The molecule has 2 saturated heterocycles. The van der Waals surface area contributed by atoms with Crippen molar-refractivity contribution in [3.63, 3.8) is 0 Å². The van der Waals surface area contributed by atoms with Crippen molar-refractivity contribution in [3.05, 3.63) is 35.4 Å². The number of alkyl halides is 2. The molecule has 2 aliphatic heterocycles. The molecule has 3 rings (SSSR count). The van der Waals surface area contributed by atoms with Crippen molar-refractivity contribution in [2.24, 2.45) is 5.92 Å². The topological polar surface area (TPSA) is 51.2 Å². The van der Waals surface area contributed by atoms with Crippen LogP contribution in [0.15, 0.2) is 24.3 Å². The summed E-state index contributed by atoms with van der Waals surface area (Å²) in [6, 6.07) is 5.73. The molecule has 0 spiro atoms. The smallest absolute Gasteiger partial charge is 0.264 e. The van der Waals surface area contributed by atoms with Crippen LogP contribution in [0.4, 0.5) is 8.78 Å². The average Bonchev–Trinajstić information content (AvgIpc) is 2.45. The zero-order valence-corrected chi connectivity index (χ0v) is 12.9. The van der Waals surface area contributed by atoms with Crippen molar-refractivity contribution >= 4 is 15.6 Å². The monoisotopic (exact) mass is 328 g/mol. The Bertz CT molecular complexity index is 664. The van der Waals surface area contributed by atoms with Crippen LogP contribution in [0.3, 0.4) is 0 Å². The lowest BCUT2D eigenvalue weighted by Crippen LogP contribution is -2.45. The minimum absolute atomic E-state index is 0.0415. The van der Waals surface area contributed by atoms with Crippen molar-refractivity contribution in [1.82, 2.24) is 0 Å². The second-order valence-corrected chi connectivity index (χ2v) is 8.70.